The van der Waals surface area contributed by atoms with Crippen molar-refractivity contribution in [3.8, 4) is 11.6 Å². The van der Waals surface area contributed by atoms with E-state index in [0.29, 0.717) is 24.8 Å². The van der Waals surface area contributed by atoms with E-state index in [1.165, 1.54) is 6.33 Å². The maximum Gasteiger partial charge on any atom is 0.222 e. The fraction of sp³-hybridized carbons (Fsp3) is 0.250. The minimum Gasteiger partial charge on any atom is -0.493 e. The Morgan fingerprint density at radius 3 is 2.83 bits per heavy atom. The lowest BCUT2D eigenvalue weighted by atomic mass is 10.2. The Labute approximate surface area is 133 Å². The van der Waals surface area contributed by atoms with Crippen molar-refractivity contribution >= 4 is 16.8 Å². The number of methoxy groups -OCH3 is 2. The minimum absolute atomic E-state index is 0.399. The van der Waals surface area contributed by atoms with Crippen LogP contribution in [0.4, 0.5) is 5.82 Å². The Balaban J connectivity index is 1.72. The Morgan fingerprint density at radius 1 is 1.17 bits per heavy atom. The zero-order chi connectivity index (χ0) is 16.2. The summed E-state index contributed by atoms with van der Waals surface area (Å²) in [6, 6.07) is 7.76. The van der Waals surface area contributed by atoms with Crippen molar-refractivity contribution in [1.82, 2.24) is 15.3 Å². The molecule has 2 heterocycles. The molecule has 0 spiro atoms. The Kier molecular flexibility index (Phi) is 4.29. The van der Waals surface area contributed by atoms with Gasteiger partial charge in [0.15, 0.2) is 11.3 Å². The number of nitrogens with two attached hydrogens (primary N) is 1. The molecule has 0 bridgehead atoms. The molecular weight excluding hydrogens is 296 g/mol. The van der Waals surface area contributed by atoms with Gasteiger partial charge in [-0.1, -0.05) is 12.1 Å². The molecule has 7 nitrogen and oxygen atoms in total. The first-order chi connectivity index (χ1) is 11.2. The normalized spacial score (nSPS) is 10.9. The van der Waals surface area contributed by atoms with Gasteiger partial charge in [0.25, 0.3) is 0 Å². The molecule has 3 aromatic rings. The summed E-state index contributed by atoms with van der Waals surface area (Å²) in [5.41, 5.74) is 7.33. The highest BCUT2D eigenvalue weighted by molar-refractivity contribution is 5.83. The Morgan fingerprint density at radius 2 is 2.04 bits per heavy atom. The summed E-state index contributed by atoms with van der Waals surface area (Å²) in [6.45, 7) is 1.01. The highest BCUT2D eigenvalue weighted by Gasteiger charge is 2.11. The van der Waals surface area contributed by atoms with Gasteiger partial charge in [-0.3, -0.25) is 0 Å². The zero-order valence-electron chi connectivity index (χ0n) is 13.0. The summed E-state index contributed by atoms with van der Waals surface area (Å²) in [5.74, 6) is 2.39. The SMILES string of the molecule is COc1ncnc(N)c1CNCc1cc2cccc(OC)c2o1. The molecule has 0 saturated carbocycles. The Hall–Kier alpha value is -2.80. The van der Waals surface area contributed by atoms with Gasteiger partial charge in [0.2, 0.25) is 5.88 Å². The molecule has 0 aliphatic heterocycles. The number of rotatable bonds is 6. The summed E-state index contributed by atoms with van der Waals surface area (Å²) in [5, 5.41) is 4.26. The third-order valence-electron chi connectivity index (χ3n) is 3.51. The number of benzene rings is 1. The molecule has 0 radical (unpaired) electrons. The van der Waals surface area contributed by atoms with Crippen molar-refractivity contribution in [3.63, 3.8) is 0 Å². The summed E-state index contributed by atoms with van der Waals surface area (Å²) >= 11 is 0. The molecule has 0 amide bonds. The second-order valence-corrected chi connectivity index (χ2v) is 4.94. The van der Waals surface area contributed by atoms with Crippen LogP contribution in [0, 0.1) is 0 Å². The van der Waals surface area contributed by atoms with E-state index < -0.39 is 0 Å². The fourth-order valence-corrected chi connectivity index (χ4v) is 2.40. The van der Waals surface area contributed by atoms with E-state index in [0.717, 1.165) is 28.0 Å². The number of para-hydroxylation sites is 1. The number of nitrogens with one attached hydrogen (secondary N) is 1. The average molecular weight is 314 g/mol. The molecule has 2 aromatic heterocycles. The number of nitrogen functional groups attached to an aromatic ring is 1. The number of aromatic nitrogens is 2. The minimum atomic E-state index is 0.399. The average Bonchev–Trinajstić information content (AvgIpc) is 2.99. The van der Waals surface area contributed by atoms with Crippen molar-refractivity contribution in [1.29, 1.82) is 0 Å². The third-order valence-corrected chi connectivity index (χ3v) is 3.51. The highest BCUT2D eigenvalue weighted by Crippen LogP contribution is 2.28. The first-order valence-electron chi connectivity index (χ1n) is 7.12. The van der Waals surface area contributed by atoms with Gasteiger partial charge >= 0.3 is 0 Å². The largest absolute Gasteiger partial charge is 0.493 e. The summed E-state index contributed by atoms with van der Waals surface area (Å²) in [6.07, 6.45) is 1.38. The van der Waals surface area contributed by atoms with Crippen LogP contribution >= 0.6 is 0 Å². The predicted molar refractivity (Wildman–Crippen MR) is 86.3 cm³/mol. The maximum absolute atomic E-state index is 5.86. The van der Waals surface area contributed by atoms with Crippen LogP contribution in [0.25, 0.3) is 11.0 Å². The first-order valence-corrected chi connectivity index (χ1v) is 7.12. The number of nitrogens with zero attached hydrogens (tertiary/aromatic N) is 2. The number of fused-ring (bicyclic) bond motifs is 1. The number of hydrogen-bond acceptors (Lipinski definition) is 7. The molecule has 0 saturated heterocycles. The van der Waals surface area contributed by atoms with Crippen molar-refractivity contribution in [2.75, 3.05) is 20.0 Å². The molecule has 3 rings (SSSR count). The summed E-state index contributed by atoms with van der Waals surface area (Å²) < 4.78 is 16.3. The molecule has 3 N–H and O–H groups in total. The molecule has 0 aliphatic carbocycles. The van der Waals surface area contributed by atoms with Crippen molar-refractivity contribution < 1.29 is 13.9 Å². The second-order valence-electron chi connectivity index (χ2n) is 4.94. The number of hydrogen-bond donors (Lipinski definition) is 2. The lowest BCUT2D eigenvalue weighted by Gasteiger charge is -2.09. The van der Waals surface area contributed by atoms with Crippen LogP contribution in [0.15, 0.2) is 35.0 Å². The lowest BCUT2D eigenvalue weighted by Crippen LogP contribution is -2.15. The first kappa shape index (κ1) is 15.1. The van der Waals surface area contributed by atoms with Gasteiger partial charge in [0.1, 0.15) is 17.9 Å². The van der Waals surface area contributed by atoms with Gasteiger partial charge in [0, 0.05) is 11.9 Å². The van der Waals surface area contributed by atoms with E-state index in [4.69, 9.17) is 19.6 Å². The Bertz CT molecular complexity index is 816. The molecule has 0 atom stereocenters. The van der Waals surface area contributed by atoms with Crippen LogP contribution in [-0.2, 0) is 13.1 Å². The van der Waals surface area contributed by atoms with E-state index >= 15 is 0 Å². The topological polar surface area (TPSA) is 95.4 Å². The van der Waals surface area contributed by atoms with E-state index in [2.05, 4.69) is 15.3 Å². The molecule has 0 aliphatic rings. The third kappa shape index (κ3) is 3.04. The van der Waals surface area contributed by atoms with Crippen LogP contribution in [-0.4, -0.2) is 24.2 Å². The maximum atomic E-state index is 5.86. The quantitative estimate of drug-likeness (QED) is 0.719. The van der Waals surface area contributed by atoms with Crippen molar-refractivity contribution in [3.05, 3.63) is 41.9 Å². The van der Waals surface area contributed by atoms with E-state index in [-0.39, 0.29) is 0 Å². The molecule has 120 valence electrons. The van der Waals surface area contributed by atoms with Crippen LogP contribution in [0.1, 0.15) is 11.3 Å². The smallest absolute Gasteiger partial charge is 0.222 e. The number of furan rings is 1. The highest BCUT2D eigenvalue weighted by atomic mass is 16.5. The lowest BCUT2D eigenvalue weighted by molar-refractivity contribution is 0.388. The molecule has 7 heteroatoms. The van der Waals surface area contributed by atoms with Gasteiger partial charge in [-0.25, -0.2) is 9.97 Å². The van der Waals surface area contributed by atoms with Gasteiger partial charge < -0.3 is 24.9 Å². The molecule has 23 heavy (non-hydrogen) atoms. The van der Waals surface area contributed by atoms with Crippen LogP contribution in [0.2, 0.25) is 0 Å². The van der Waals surface area contributed by atoms with Gasteiger partial charge in [0.05, 0.1) is 26.3 Å². The summed E-state index contributed by atoms with van der Waals surface area (Å²) in [4.78, 5) is 8.03. The standard InChI is InChI=1S/C16H18N4O3/c1-21-13-5-3-4-10-6-11(23-14(10)13)7-18-8-12-15(17)19-9-20-16(12)22-2/h3-6,9,18H,7-8H2,1-2H3,(H2,17,19,20). The molecule has 0 unspecified atom stereocenters. The van der Waals surface area contributed by atoms with E-state index in [1.54, 1.807) is 14.2 Å². The number of anilines is 1. The number of ether oxygens (including phenoxy) is 2. The van der Waals surface area contributed by atoms with Crippen LogP contribution in [0.3, 0.4) is 0 Å². The van der Waals surface area contributed by atoms with Gasteiger partial charge in [-0.15, -0.1) is 0 Å². The fourth-order valence-electron chi connectivity index (χ4n) is 2.40. The van der Waals surface area contributed by atoms with Gasteiger partial charge in [-0.05, 0) is 12.1 Å². The van der Waals surface area contributed by atoms with Crippen molar-refractivity contribution in [2.45, 2.75) is 13.1 Å². The molecule has 0 fully saturated rings. The summed E-state index contributed by atoms with van der Waals surface area (Å²) in [7, 11) is 3.18. The van der Waals surface area contributed by atoms with Crippen LogP contribution < -0.4 is 20.5 Å². The monoisotopic (exact) mass is 314 g/mol. The van der Waals surface area contributed by atoms with Crippen LogP contribution in [0.5, 0.6) is 11.6 Å². The van der Waals surface area contributed by atoms with Crippen molar-refractivity contribution in [2.24, 2.45) is 0 Å². The molecular formula is C16H18N4O3. The van der Waals surface area contributed by atoms with Gasteiger partial charge in [-0.2, -0.15) is 0 Å². The van der Waals surface area contributed by atoms with E-state index in [9.17, 15) is 0 Å². The molecule has 1 aromatic carbocycles. The zero-order valence-corrected chi connectivity index (χ0v) is 13.0. The predicted octanol–water partition coefficient (Wildman–Crippen LogP) is 2.11. The van der Waals surface area contributed by atoms with E-state index in [1.807, 2.05) is 24.3 Å². The second kappa shape index (κ2) is 6.53.